The first kappa shape index (κ1) is 12.7. The quantitative estimate of drug-likeness (QED) is 0.810. The number of ether oxygens (including phenoxy) is 1. The fourth-order valence-electron chi connectivity index (χ4n) is 2.45. The molecule has 1 unspecified atom stereocenters. The molecule has 0 spiro atoms. The van der Waals surface area contributed by atoms with Crippen LogP contribution in [0.25, 0.3) is 0 Å². The van der Waals surface area contributed by atoms with Crippen LogP contribution in [0.15, 0.2) is 24.3 Å². The summed E-state index contributed by atoms with van der Waals surface area (Å²) in [6.07, 6.45) is 2.83. The van der Waals surface area contributed by atoms with Crippen molar-refractivity contribution in [2.24, 2.45) is 11.7 Å². The normalized spacial score (nSPS) is 17.9. The van der Waals surface area contributed by atoms with Gasteiger partial charge in [-0.15, -0.1) is 0 Å². The van der Waals surface area contributed by atoms with E-state index in [0.29, 0.717) is 12.3 Å². The van der Waals surface area contributed by atoms with Crippen LogP contribution in [0.2, 0.25) is 0 Å². The highest BCUT2D eigenvalue weighted by Crippen LogP contribution is 2.43. The van der Waals surface area contributed by atoms with Gasteiger partial charge in [-0.3, -0.25) is 4.79 Å². The standard InChI is InChI=1S/C14H20N2O2/c1-3-14(13(15)17,10-7-8-10)16-11-5-4-6-12(9-11)18-2/h4-6,9-10,16H,3,7-8H2,1-2H3,(H2,15,17). The van der Waals surface area contributed by atoms with Crippen molar-refractivity contribution in [2.75, 3.05) is 12.4 Å². The van der Waals surface area contributed by atoms with Gasteiger partial charge in [0.1, 0.15) is 11.3 Å². The molecule has 18 heavy (non-hydrogen) atoms. The largest absolute Gasteiger partial charge is 0.497 e. The number of carbonyl (C=O) groups excluding carboxylic acids is 1. The second-order valence-electron chi connectivity index (χ2n) is 4.82. The highest BCUT2D eigenvalue weighted by molar-refractivity contribution is 5.89. The topological polar surface area (TPSA) is 64.3 Å². The van der Waals surface area contributed by atoms with Crippen molar-refractivity contribution in [1.82, 2.24) is 0 Å². The molecule has 3 N–H and O–H groups in total. The Morgan fingerprint density at radius 3 is 2.78 bits per heavy atom. The van der Waals surface area contributed by atoms with E-state index in [1.165, 1.54) is 0 Å². The zero-order chi connectivity index (χ0) is 13.2. The number of rotatable bonds is 6. The third-order valence-corrected chi connectivity index (χ3v) is 3.71. The maximum Gasteiger partial charge on any atom is 0.243 e. The molecule has 0 aromatic heterocycles. The lowest BCUT2D eigenvalue weighted by Gasteiger charge is -2.32. The van der Waals surface area contributed by atoms with Crippen LogP contribution in [-0.4, -0.2) is 18.6 Å². The van der Waals surface area contributed by atoms with Crippen LogP contribution in [0.4, 0.5) is 5.69 Å². The van der Waals surface area contributed by atoms with Crippen molar-refractivity contribution in [2.45, 2.75) is 31.7 Å². The SMILES string of the molecule is CCC(Nc1cccc(OC)c1)(C(N)=O)C1CC1. The Labute approximate surface area is 108 Å². The fourth-order valence-corrected chi connectivity index (χ4v) is 2.45. The molecule has 1 saturated carbocycles. The number of methoxy groups -OCH3 is 1. The second-order valence-corrected chi connectivity index (χ2v) is 4.82. The van der Waals surface area contributed by atoms with Gasteiger partial charge in [-0.2, -0.15) is 0 Å². The zero-order valence-electron chi connectivity index (χ0n) is 10.9. The second kappa shape index (κ2) is 4.88. The average Bonchev–Trinajstić information content (AvgIpc) is 3.20. The van der Waals surface area contributed by atoms with E-state index < -0.39 is 5.54 Å². The van der Waals surface area contributed by atoms with Gasteiger partial charge >= 0.3 is 0 Å². The lowest BCUT2D eigenvalue weighted by molar-refractivity contribution is -0.123. The number of benzene rings is 1. The van der Waals surface area contributed by atoms with E-state index in [0.717, 1.165) is 24.3 Å². The summed E-state index contributed by atoms with van der Waals surface area (Å²) in [7, 11) is 1.63. The Hall–Kier alpha value is -1.71. The van der Waals surface area contributed by atoms with Gasteiger partial charge in [0.15, 0.2) is 0 Å². The minimum absolute atomic E-state index is 0.268. The summed E-state index contributed by atoms with van der Waals surface area (Å²) in [4.78, 5) is 11.8. The van der Waals surface area contributed by atoms with Crippen molar-refractivity contribution in [3.05, 3.63) is 24.3 Å². The fraction of sp³-hybridized carbons (Fsp3) is 0.500. The first-order valence-corrected chi connectivity index (χ1v) is 6.34. The number of nitrogens with one attached hydrogen (secondary N) is 1. The average molecular weight is 248 g/mol. The number of anilines is 1. The number of hydrogen-bond acceptors (Lipinski definition) is 3. The molecule has 0 saturated heterocycles. The smallest absolute Gasteiger partial charge is 0.243 e. The molecule has 1 amide bonds. The van der Waals surface area contributed by atoms with Gasteiger partial charge in [0, 0.05) is 11.8 Å². The molecule has 1 aromatic carbocycles. The molecule has 4 heteroatoms. The minimum Gasteiger partial charge on any atom is -0.497 e. The summed E-state index contributed by atoms with van der Waals surface area (Å²) in [5.74, 6) is 0.854. The molecule has 1 atom stereocenters. The number of hydrogen-bond donors (Lipinski definition) is 2. The predicted molar refractivity (Wildman–Crippen MR) is 71.6 cm³/mol. The summed E-state index contributed by atoms with van der Waals surface area (Å²) in [6.45, 7) is 2.00. The van der Waals surface area contributed by atoms with Gasteiger partial charge in [0.2, 0.25) is 5.91 Å². The molecule has 4 nitrogen and oxygen atoms in total. The lowest BCUT2D eigenvalue weighted by Crippen LogP contribution is -2.52. The zero-order valence-corrected chi connectivity index (χ0v) is 10.9. The molecule has 1 aromatic rings. The van der Waals surface area contributed by atoms with Crippen LogP contribution in [0.5, 0.6) is 5.75 Å². The first-order valence-electron chi connectivity index (χ1n) is 6.34. The molecular formula is C14H20N2O2. The Morgan fingerprint density at radius 2 is 2.28 bits per heavy atom. The monoisotopic (exact) mass is 248 g/mol. The van der Waals surface area contributed by atoms with E-state index in [1.807, 2.05) is 31.2 Å². The number of carbonyl (C=O) groups is 1. The van der Waals surface area contributed by atoms with Crippen molar-refractivity contribution in [1.29, 1.82) is 0 Å². The molecule has 2 rings (SSSR count). The van der Waals surface area contributed by atoms with E-state index in [1.54, 1.807) is 7.11 Å². The summed E-state index contributed by atoms with van der Waals surface area (Å²) >= 11 is 0. The van der Waals surface area contributed by atoms with Crippen molar-refractivity contribution >= 4 is 11.6 Å². The van der Waals surface area contributed by atoms with Crippen LogP contribution < -0.4 is 15.8 Å². The molecule has 0 bridgehead atoms. The minimum atomic E-state index is -0.619. The third-order valence-electron chi connectivity index (χ3n) is 3.71. The molecule has 1 fully saturated rings. The Kier molecular flexibility index (Phi) is 3.45. The molecule has 98 valence electrons. The summed E-state index contributed by atoms with van der Waals surface area (Å²) in [5, 5.41) is 3.32. The van der Waals surface area contributed by atoms with Gasteiger partial charge in [-0.05, 0) is 37.3 Å². The lowest BCUT2D eigenvalue weighted by atomic mass is 9.88. The maximum absolute atomic E-state index is 11.8. The van der Waals surface area contributed by atoms with E-state index in [4.69, 9.17) is 10.5 Å². The van der Waals surface area contributed by atoms with Crippen LogP contribution in [-0.2, 0) is 4.79 Å². The van der Waals surface area contributed by atoms with Gasteiger partial charge in [-0.25, -0.2) is 0 Å². The molecule has 1 aliphatic carbocycles. The first-order chi connectivity index (χ1) is 8.62. The highest BCUT2D eigenvalue weighted by atomic mass is 16.5. The van der Waals surface area contributed by atoms with Gasteiger partial charge in [-0.1, -0.05) is 13.0 Å². The van der Waals surface area contributed by atoms with Crippen LogP contribution in [0.1, 0.15) is 26.2 Å². The number of amides is 1. The molecule has 0 heterocycles. The van der Waals surface area contributed by atoms with Crippen molar-refractivity contribution in [3.63, 3.8) is 0 Å². The third kappa shape index (κ3) is 2.28. The van der Waals surface area contributed by atoms with Crippen LogP contribution in [0.3, 0.4) is 0 Å². The Bertz CT molecular complexity index is 443. The maximum atomic E-state index is 11.8. The summed E-state index contributed by atoms with van der Waals surface area (Å²) in [6, 6.07) is 7.59. The van der Waals surface area contributed by atoms with E-state index in [-0.39, 0.29) is 5.91 Å². The van der Waals surface area contributed by atoms with E-state index >= 15 is 0 Å². The van der Waals surface area contributed by atoms with E-state index in [9.17, 15) is 4.79 Å². The molecule has 1 aliphatic rings. The Balaban J connectivity index is 2.25. The van der Waals surface area contributed by atoms with Gasteiger partial charge in [0.05, 0.1) is 7.11 Å². The Morgan fingerprint density at radius 1 is 1.56 bits per heavy atom. The predicted octanol–water partition coefficient (Wildman–Crippen LogP) is 2.15. The van der Waals surface area contributed by atoms with Crippen LogP contribution in [0, 0.1) is 5.92 Å². The number of nitrogens with two attached hydrogens (primary N) is 1. The van der Waals surface area contributed by atoms with Crippen LogP contribution >= 0.6 is 0 Å². The highest BCUT2D eigenvalue weighted by Gasteiger charge is 2.48. The van der Waals surface area contributed by atoms with E-state index in [2.05, 4.69) is 5.32 Å². The van der Waals surface area contributed by atoms with Crippen molar-refractivity contribution in [3.8, 4) is 5.75 Å². The summed E-state index contributed by atoms with van der Waals surface area (Å²) < 4.78 is 5.18. The molecular weight excluding hydrogens is 228 g/mol. The van der Waals surface area contributed by atoms with Crippen molar-refractivity contribution < 1.29 is 9.53 Å². The molecule has 0 aliphatic heterocycles. The van der Waals surface area contributed by atoms with Gasteiger partial charge < -0.3 is 15.8 Å². The van der Waals surface area contributed by atoms with Gasteiger partial charge in [0.25, 0.3) is 0 Å². The number of primary amides is 1. The summed E-state index contributed by atoms with van der Waals surface area (Å²) in [5.41, 5.74) is 5.87. The molecule has 0 radical (unpaired) electrons.